The smallest absolute Gasteiger partial charge is 0.260 e. The number of rotatable bonds is 4. The Morgan fingerprint density at radius 1 is 1.29 bits per heavy atom. The predicted molar refractivity (Wildman–Crippen MR) is 100 cm³/mol. The molecule has 1 amide bonds. The second-order valence-electron chi connectivity index (χ2n) is 5.55. The molecule has 7 heteroatoms. The van der Waals surface area contributed by atoms with Crippen molar-refractivity contribution in [2.24, 2.45) is 0 Å². The molecular formula is C17H17N3O2S2. The van der Waals surface area contributed by atoms with Gasteiger partial charge in [0, 0.05) is 5.69 Å². The molecule has 0 unspecified atom stereocenters. The lowest BCUT2D eigenvalue weighted by Crippen LogP contribution is -2.16. The Labute approximate surface area is 147 Å². The Morgan fingerprint density at radius 2 is 2.08 bits per heavy atom. The summed E-state index contributed by atoms with van der Waals surface area (Å²) in [4.78, 5) is 32.1. The molecule has 0 spiro atoms. The molecule has 0 aliphatic heterocycles. The van der Waals surface area contributed by atoms with E-state index in [4.69, 9.17) is 0 Å². The van der Waals surface area contributed by atoms with E-state index in [0.29, 0.717) is 15.4 Å². The fourth-order valence-corrected chi connectivity index (χ4v) is 3.98. The summed E-state index contributed by atoms with van der Waals surface area (Å²) in [6.45, 7) is 5.87. The normalized spacial score (nSPS) is 11.0. The second kappa shape index (κ2) is 6.78. The molecule has 2 heterocycles. The Hall–Kier alpha value is -2.12. The highest BCUT2D eigenvalue weighted by molar-refractivity contribution is 7.99. The molecular weight excluding hydrogens is 342 g/mol. The van der Waals surface area contributed by atoms with Gasteiger partial charge in [-0.25, -0.2) is 4.98 Å². The number of benzene rings is 1. The van der Waals surface area contributed by atoms with Crippen LogP contribution in [0.15, 0.2) is 33.5 Å². The van der Waals surface area contributed by atoms with Crippen LogP contribution in [0.2, 0.25) is 0 Å². The number of anilines is 1. The van der Waals surface area contributed by atoms with Crippen molar-refractivity contribution in [1.82, 2.24) is 9.97 Å². The number of thiophene rings is 1. The van der Waals surface area contributed by atoms with Crippen LogP contribution in [0.3, 0.4) is 0 Å². The average molecular weight is 359 g/mol. The minimum Gasteiger partial charge on any atom is -0.325 e. The van der Waals surface area contributed by atoms with Crippen molar-refractivity contribution in [3.63, 3.8) is 0 Å². The van der Waals surface area contributed by atoms with E-state index in [9.17, 15) is 9.59 Å². The fraction of sp³-hybridized carbons (Fsp3) is 0.235. The third-order valence-electron chi connectivity index (χ3n) is 3.82. The quantitative estimate of drug-likeness (QED) is 0.551. The van der Waals surface area contributed by atoms with E-state index in [1.807, 2.05) is 44.4 Å². The molecule has 3 aromatic rings. The summed E-state index contributed by atoms with van der Waals surface area (Å²) in [5.41, 5.74) is 3.76. The molecule has 0 fully saturated rings. The minimum absolute atomic E-state index is 0.126. The Bertz CT molecular complexity index is 976. The number of H-pyrrole nitrogens is 1. The number of hydrogen-bond acceptors (Lipinski definition) is 5. The van der Waals surface area contributed by atoms with Crippen molar-refractivity contribution in [3.8, 4) is 0 Å². The maximum Gasteiger partial charge on any atom is 0.260 e. The van der Waals surface area contributed by atoms with Crippen LogP contribution in [-0.4, -0.2) is 21.6 Å². The largest absolute Gasteiger partial charge is 0.325 e. The van der Waals surface area contributed by atoms with Gasteiger partial charge in [-0.1, -0.05) is 23.9 Å². The number of aromatic nitrogens is 2. The van der Waals surface area contributed by atoms with E-state index in [1.54, 1.807) is 0 Å². The first-order chi connectivity index (χ1) is 11.5. The van der Waals surface area contributed by atoms with Crippen molar-refractivity contribution in [2.75, 3.05) is 11.1 Å². The number of nitrogens with zero attached hydrogens (tertiary/aromatic N) is 1. The highest BCUT2D eigenvalue weighted by Gasteiger charge is 2.11. The van der Waals surface area contributed by atoms with Crippen molar-refractivity contribution < 1.29 is 4.79 Å². The first kappa shape index (κ1) is 16.7. The van der Waals surface area contributed by atoms with Gasteiger partial charge >= 0.3 is 0 Å². The predicted octanol–water partition coefficient (Wildman–Crippen LogP) is 3.64. The number of hydrogen-bond donors (Lipinski definition) is 2. The van der Waals surface area contributed by atoms with Gasteiger partial charge in [0.25, 0.3) is 5.56 Å². The molecule has 0 radical (unpaired) electrons. The maximum atomic E-state index is 12.2. The van der Waals surface area contributed by atoms with Gasteiger partial charge in [0.2, 0.25) is 5.91 Å². The molecule has 0 aliphatic carbocycles. The zero-order valence-electron chi connectivity index (χ0n) is 13.6. The van der Waals surface area contributed by atoms with E-state index in [-0.39, 0.29) is 17.2 Å². The van der Waals surface area contributed by atoms with Crippen LogP contribution in [0.25, 0.3) is 10.2 Å². The summed E-state index contributed by atoms with van der Waals surface area (Å²) in [6, 6.07) is 5.80. The molecule has 0 saturated heterocycles. The number of fused-ring (bicyclic) bond motifs is 1. The van der Waals surface area contributed by atoms with Gasteiger partial charge in [-0.15, -0.1) is 11.3 Å². The maximum absolute atomic E-state index is 12.2. The van der Waals surface area contributed by atoms with Crippen LogP contribution < -0.4 is 10.9 Å². The van der Waals surface area contributed by atoms with Crippen molar-refractivity contribution >= 4 is 44.9 Å². The Balaban J connectivity index is 1.70. The molecule has 2 N–H and O–H groups in total. The Morgan fingerprint density at radius 3 is 2.88 bits per heavy atom. The number of aryl methyl sites for hydroxylation is 2. The van der Waals surface area contributed by atoms with Crippen LogP contribution in [0.1, 0.15) is 16.7 Å². The SMILES string of the molecule is Cc1cccc(NC(=O)CSc2nc3scc(C)c3c(=O)[nH]2)c1C. The van der Waals surface area contributed by atoms with Crippen molar-refractivity contribution in [3.05, 3.63) is 50.6 Å². The van der Waals surface area contributed by atoms with Gasteiger partial charge in [0.1, 0.15) is 4.83 Å². The second-order valence-corrected chi connectivity index (χ2v) is 7.38. The molecule has 1 aromatic carbocycles. The van der Waals surface area contributed by atoms with Gasteiger partial charge in [0.15, 0.2) is 5.16 Å². The average Bonchev–Trinajstić information content (AvgIpc) is 2.91. The molecule has 0 saturated carbocycles. The summed E-state index contributed by atoms with van der Waals surface area (Å²) in [6.07, 6.45) is 0. The lowest BCUT2D eigenvalue weighted by Gasteiger charge is -2.10. The van der Waals surface area contributed by atoms with Crippen LogP contribution in [0.5, 0.6) is 0 Å². The number of carbonyl (C=O) groups excluding carboxylic acids is 1. The summed E-state index contributed by atoms with van der Waals surface area (Å²) in [5, 5.41) is 5.90. The topological polar surface area (TPSA) is 74.8 Å². The van der Waals surface area contributed by atoms with E-state index < -0.39 is 0 Å². The van der Waals surface area contributed by atoms with Crippen LogP contribution in [-0.2, 0) is 4.79 Å². The Kier molecular flexibility index (Phi) is 4.73. The molecule has 0 aliphatic rings. The number of nitrogens with one attached hydrogen (secondary N) is 2. The van der Waals surface area contributed by atoms with Crippen molar-refractivity contribution in [2.45, 2.75) is 25.9 Å². The van der Waals surface area contributed by atoms with E-state index >= 15 is 0 Å². The first-order valence-corrected chi connectivity index (χ1v) is 9.29. The highest BCUT2D eigenvalue weighted by atomic mass is 32.2. The monoisotopic (exact) mass is 359 g/mol. The summed E-state index contributed by atoms with van der Waals surface area (Å²) in [7, 11) is 0. The third-order valence-corrected chi connectivity index (χ3v) is 5.69. The molecule has 5 nitrogen and oxygen atoms in total. The number of thioether (sulfide) groups is 1. The molecule has 2 aromatic heterocycles. The van der Waals surface area contributed by atoms with E-state index in [2.05, 4.69) is 15.3 Å². The van der Waals surface area contributed by atoms with E-state index in [1.165, 1.54) is 23.1 Å². The van der Waals surface area contributed by atoms with Gasteiger partial charge in [-0.3, -0.25) is 9.59 Å². The lowest BCUT2D eigenvalue weighted by molar-refractivity contribution is -0.113. The molecule has 0 bridgehead atoms. The molecule has 0 atom stereocenters. The van der Waals surface area contributed by atoms with Crippen LogP contribution in [0.4, 0.5) is 5.69 Å². The third kappa shape index (κ3) is 3.37. The number of carbonyl (C=O) groups is 1. The van der Waals surface area contributed by atoms with Crippen LogP contribution in [0, 0.1) is 20.8 Å². The standard InChI is InChI=1S/C17H17N3O2S2/c1-9-5-4-6-12(11(9)3)18-13(21)8-24-17-19-15(22)14-10(2)7-23-16(14)20-17/h4-7H,8H2,1-3H3,(H,18,21)(H,19,20,22). The van der Waals surface area contributed by atoms with Crippen LogP contribution >= 0.6 is 23.1 Å². The minimum atomic E-state index is -0.156. The zero-order valence-corrected chi connectivity index (χ0v) is 15.2. The lowest BCUT2D eigenvalue weighted by atomic mass is 10.1. The first-order valence-electron chi connectivity index (χ1n) is 7.42. The number of amides is 1. The van der Waals surface area contributed by atoms with E-state index in [0.717, 1.165) is 22.4 Å². The zero-order chi connectivity index (χ0) is 17.3. The number of aromatic amines is 1. The highest BCUT2D eigenvalue weighted by Crippen LogP contribution is 2.23. The summed E-state index contributed by atoms with van der Waals surface area (Å²) in [5.74, 6) is 0.0606. The molecule has 124 valence electrons. The van der Waals surface area contributed by atoms with Gasteiger partial charge in [-0.05, 0) is 48.9 Å². The van der Waals surface area contributed by atoms with Gasteiger partial charge in [0.05, 0.1) is 11.1 Å². The van der Waals surface area contributed by atoms with Gasteiger partial charge in [-0.2, -0.15) is 0 Å². The van der Waals surface area contributed by atoms with Gasteiger partial charge < -0.3 is 10.3 Å². The summed E-state index contributed by atoms with van der Waals surface area (Å²) >= 11 is 2.66. The summed E-state index contributed by atoms with van der Waals surface area (Å²) < 4.78 is 0. The molecule has 24 heavy (non-hydrogen) atoms. The fourth-order valence-electron chi connectivity index (χ4n) is 2.34. The van der Waals surface area contributed by atoms with Crippen molar-refractivity contribution in [1.29, 1.82) is 0 Å². The molecule has 3 rings (SSSR count).